The van der Waals surface area contributed by atoms with E-state index in [1.54, 1.807) is 0 Å². The lowest BCUT2D eigenvalue weighted by Gasteiger charge is -2.31. The highest BCUT2D eigenvalue weighted by atomic mass is 16.7. The normalized spacial score (nSPS) is 25.1. The maximum Gasteiger partial charge on any atom is 0.316 e. The predicted octanol–water partition coefficient (Wildman–Crippen LogP) is 4.61. The van der Waals surface area contributed by atoms with Crippen molar-refractivity contribution in [3.63, 3.8) is 0 Å². The molecule has 4 rings (SSSR count). The standard InChI is InChI=1S/C29H36O7/c1-28(2)33-17-23(35-28)21(19-12-8-6-9-13-19)16-22(30)26(27(31)32-5)25(20-14-10-7-11-15-20)24-18-34-29(3,4)36-24/h6-15,21,23-26H,16-18H2,1-5H3/t21-,23-,24-,25-,26?/m1/s1. The van der Waals surface area contributed by atoms with Crippen LogP contribution >= 0.6 is 0 Å². The maximum atomic E-state index is 14.1. The second kappa shape index (κ2) is 10.8. The van der Waals surface area contributed by atoms with Crippen LogP contribution in [0.25, 0.3) is 0 Å². The van der Waals surface area contributed by atoms with Crippen molar-refractivity contribution in [2.45, 2.75) is 69.7 Å². The molecular weight excluding hydrogens is 460 g/mol. The number of hydrogen-bond acceptors (Lipinski definition) is 7. The Morgan fingerprint density at radius 3 is 1.81 bits per heavy atom. The zero-order chi connectivity index (χ0) is 25.9. The summed E-state index contributed by atoms with van der Waals surface area (Å²) in [6.07, 6.45) is -0.728. The molecule has 0 aromatic heterocycles. The molecule has 36 heavy (non-hydrogen) atoms. The average molecular weight is 497 g/mol. The second-order valence-electron chi connectivity index (χ2n) is 10.4. The largest absolute Gasteiger partial charge is 0.468 e. The van der Waals surface area contributed by atoms with Gasteiger partial charge in [0.2, 0.25) is 0 Å². The van der Waals surface area contributed by atoms with Gasteiger partial charge in [-0.25, -0.2) is 0 Å². The summed E-state index contributed by atoms with van der Waals surface area (Å²) < 4.78 is 29.2. The Labute approximate surface area is 213 Å². The molecule has 1 unspecified atom stereocenters. The molecule has 0 bridgehead atoms. The fourth-order valence-corrected chi connectivity index (χ4v) is 5.22. The Morgan fingerprint density at radius 1 is 0.833 bits per heavy atom. The first kappa shape index (κ1) is 26.5. The van der Waals surface area contributed by atoms with Crippen LogP contribution < -0.4 is 0 Å². The van der Waals surface area contributed by atoms with Crippen LogP contribution in [-0.4, -0.2) is 55.9 Å². The summed E-state index contributed by atoms with van der Waals surface area (Å²) in [6, 6.07) is 19.3. The summed E-state index contributed by atoms with van der Waals surface area (Å²) in [5, 5.41) is 0. The van der Waals surface area contributed by atoms with Crippen LogP contribution in [0.15, 0.2) is 60.7 Å². The Morgan fingerprint density at radius 2 is 1.33 bits per heavy atom. The van der Waals surface area contributed by atoms with Gasteiger partial charge in [0.25, 0.3) is 0 Å². The van der Waals surface area contributed by atoms with Gasteiger partial charge in [0.05, 0.1) is 32.5 Å². The van der Waals surface area contributed by atoms with E-state index in [0.29, 0.717) is 6.61 Å². The predicted molar refractivity (Wildman–Crippen MR) is 133 cm³/mol. The average Bonchev–Trinajstić information content (AvgIpc) is 3.41. The Hall–Kier alpha value is -2.58. The van der Waals surface area contributed by atoms with E-state index in [9.17, 15) is 9.59 Å². The van der Waals surface area contributed by atoms with Crippen molar-refractivity contribution in [3.05, 3.63) is 71.8 Å². The molecule has 0 radical (unpaired) electrons. The molecule has 2 aromatic carbocycles. The maximum absolute atomic E-state index is 14.1. The van der Waals surface area contributed by atoms with Gasteiger partial charge < -0.3 is 23.7 Å². The van der Waals surface area contributed by atoms with Gasteiger partial charge in [-0.1, -0.05) is 60.7 Å². The molecule has 2 aliphatic heterocycles. The highest BCUT2D eigenvalue weighted by Gasteiger charge is 2.48. The molecule has 5 atom stereocenters. The molecule has 2 saturated heterocycles. The number of carbonyl (C=O) groups is 2. The number of rotatable bonds is 9. The number of carbonyl (C=O) groups excluding carboxylic acids is 2. The summed E-state index contributed by atoms with van der Waals surface area (Å²) in [4.78, 5) is 27.3. The molecule has 0 N–H and O–H groups in total. The summed E-state index contributed by atoms with van der Waals surface area (Å²) in [5.41, 5.74) is 1.78. The molecule has 2 heterocycles. The van der Waals surface area contributed by atoms with Crippen molar-refractivity contribution in [3.8, 4) is 0 Å². The number of methoxy groups -OCH3 is 1. The van der Waals surface area contributed by atoms with E-state index < -0.39 is 35.5 Å². The van der Waals surface area contributed by atoms with E-state index in [4.69, 9.17) is 23.7 Å². The lowest BCUT2D eigenvalue weighted by molar-refractivity contribution is -0.159. The van der Waals surface area contributed by atoms with Crippen LogP contribution in [-0.2, 0) is 33.3 Å². The number of esters is 1. The smallest absolute Gasteiger partial charge is 0.316 e. The summed E-state index contributed by atoms with van der Waals surface area (Å²) in [7, 11) is 1.31. The number of benzene rings is 2. The molecule has 2 aromatic rings. The monoisotopic (exact) mass is 496 g/mol. The van der Waals surface area contributed by atoms with Gasteiger partial charge in [0.1, 0.15) is 11.7 Å². The third-order valence-corrected chi connectivity index (χ3v) is 6.90. The fourth-order valence-electron chi connectivity index (χ4n) is 5.22. The zero-order valence-corrected chi connectivity index (χ0v) is 21.6. The van der Waals surface area contributed by atoms with Crippen molar-refractivity contribution in [2.75, 3.05) is 20.3 Å². The summed E-state index contributed by atoms with van der Waals surface area (Å²) in [6.45, 7) is 8.00. The molecule has 7 nitrogen and oxygen atoms in total. The van der Waals surface area contributed by atoms with E-state index in [1.165, 1.54) is 7.11 Å². The van der Waals surface area contributed by atoms with Crippen LogP contribution in [0.1, 0.15) is 57.1 Å². The quantitative estimate of drug-likeness (QED) is 0.371. The van der Waals surface area contributed by atoms with Crippen LogP contribution in [0.3, 0.4) is 0 Å². The van der Waals surface area contributed by atoms with Gasteiger partial charge in [-0.05, 0) is 38.8 Å². The zero-order valence-electron chi connectivity index (χ0n) is 21.6. The number of hydrogen-bond donors (Lipinski definition) is 0. The molecule has 7 heteroatoms. The number of ketones is 1. The van der Waals surface area contributed by atoms with Crippen LogP contribution in [0.2, 0.25) is 0 Å². The molecule has 0 saturated carbocycles. The minimum Gasteiger partial charge on any atom is -0.468 e. The first-order valence-electron chi connectivity index (χ1n) is 12.4. The Kier molecular flexibility index (Phi) is 7.95. The third kappa shape index (κ3) is 6.03. The van der Waals surface area contributed by atoms with Gasteiger partial charge in [-0.3, -0.25) is 9.59 Å². The highest BCUT2D eigenvalue weighted by Crippen LogP contribution is 2.41. The molecule has 0 spiro atoms. The molecule has 194 valence electrons. The molecule has 0 aliphatic carbocycles. The van der Waals surface area contributed by atoms with E-state index in [1.807, 2.05) is 88.4 Å². The molecular formula is C29H36O7. The van der Waals surface area contributed by atoms with E-state index in [0.717, 1.165) is 11.1 Å². The van der Waals surface area contributed by atoms with Crippen molar-refractivity contribution in [1.29, 1.82) is 0 Å². The van der Waals surface area contributed by atoms with Crippen LogP contribution in [0, 0.1) is 5.92 Å². The molecule has 2 aliphatic rings. The van der Waals surface area contributed by atoms with Gasteiger partial charge in [0, 0.05) is 18.3 Å². The first-order valence-corrected chi connectivity index (χ1v) is 12.4. The van der Waals surface area contributed by atoms with Crippen LogP contribution in [0.4, 0.5) is 0 Å². The Balaban J connectivity index is 1.69. The van der Waals surface area contributed by atoms with Crippen molar-refractivity contribution in [2.24, 2.45) is 5.92 Å². The fraction of sp³-hybridized carbons (Fsp3) is 0.517. The number of Topliss-reactive ketones (excluding diaryl/α,β-unsaturated/α-hetero) is 1. The van der Waals surface area contributed by atoms with Gasteiger partial charge in [0.15, 0.2) is 11.6 Å². The summed E-state index contributed by atoms with van der Waals surface area (Å²) in [5.74, 6) is -4.29. The topological polar surface area (TPSA) is 80.3 Å². The Bertz CT molecular complexity index is 1030. The van der Waals surface area contributed by atoms with Crippen LogP contribution in [0.5, 0.6) is 0 Å². The molecule has 2 fully saturated rings. The minimum atomic E-state index is -1.07. The second-order valence-corrected chi connectivity index (χ2v) is 10.4. The lowest BCUT2D eigenvalue weighted by Crippen LogP contribution is -2.40. The van der Waals surface area contributed by atoms with E-state index in [2.05, 4.69) is 0 Å². The van der Waals surface area contributed by atoms with Gasteiger partial charge >= 0.3 is 5.97 Å². The third-order valence-electron chi connectivity index (χ3n) is 6.90. The van der Waals surface area contributed by atoms with Gasteiger partial charge in [-0.2, -0.15) is 0 Å². The summed E-state index contributed by atoms with van der Waals surface area (Å²) >= 11 is 0. The molecule has 0 amide bonds. The van der Waals surface area contributed by atoms with Crippen molar-refractivity contribution < 1.29 is 33.3 Å². The lowest BCUT2D eigenvalue weighted by atomic mass is 9.76. The minimum absolute atomic E-state index is 0.0915. The highest BCUT2D eigenvalue weighted by molar-refractivity contribution is 6.00. The SMILES string of the molecule is COC(=O)C(C(=O)C[C@H](c1ccccc1)[C@H]1COC(C)(C)O1)[C@H](c1ccccc1)[C@H]1COC(C)(C)O1. The van der Waals surface area contributed by atoms with Crippen molar-refractivity contribution >= 4 is 11.8 Å². The first-order chi connectivity index (χ1) is 17.1. The van der Waals surface area contributed by atoms with E-state index in [-0.39, 0.29) is 30.8 Å². The van der Waals surface area contributed by atoms with E-state index >= 15 is 0 Å². The number of ether oxygens (including phenoxy) is 5. The van der Waals surface area contributed by atoms with Gasteiger partial charge in [-0.15, -0.1) is 0 Å². The van der Waals surface area contributed by atoms with Crippen molar-refractivity contribution in [1.82, 2.24) is 0 Å².